The Morgan fingerprint density at radius 3 is 2.93 bits per heavy atom. The second-order valence-corrected chi connectivity index (χ2v) is 7.05. The van der Waals surface area contributed by atoms with E-state index in [1.807, 2.05) is 0 Å². The van der Waals surface area contributed by atoms with Crippen molar-refractivity contribution in [3.63, 3.8) is 0 Å². The first-order valence-electron chi connectivity index (χ1n) is 8.00. The molecule has 13 heteroatoms. The largest absolute Gasteiger partial charge is 0.411 e. The molecule has 0 aliphatic heterocycles. The lowest BCUT2D eigenvalue weighted by atomic mass is 10.3. The van der Waals surface area contributed by atoms with E-state index in [0.717, 1.165) is 5.56 Å². The molecule has 0 aliphatic rings. The van der Waals surface area contributed by atoms with Gasteiger partial charge in [-0.2, -0.15) is 4.98 Å². The molecule has 0 saturated carbocycles. The van der Waals surface area contributed by atoms with Crippen molar-refractivity contribution in [3.05, 3.63) is 41.8 Å². The first kappa shape index (κ1) is 18.2. The van der Waals surface area contributed by atoms with Gasteiger partial charge in [0, 0.05) is 30.8 Å². The van der Waals surface area contributed by atoms with Crippen LogP contribution in [0.1, 0.15) is 18.1 Å². The van der Waals surface area contributed by atoms with Crippen LogP contribution in [0, 0.1) is 0 Å². The van der Waals surface area contributed by atoms with Gasteiger partial charge in [0.15, 0.2) is 5.82 Å². The summed E-state index contributed by atoms with van der Waals surface area (Å²) < 4.78 is 10.8. The third kappa shape index (κ3) is 4.75. The summed E-state index contributed by atoms with van der Waals surface area (Å²) in [7, 11) is 0. The van der Waals surface area contributed by atoms with Crippen molar-refractivity contribution in [2.24, 2.45) is 0 Å². The zero-order valence-electron chi connectivity index (χ0n) is 14.2. The molecule has 1 N–H and O–H groups in total. The number of aryl methyl sites for hydroxylation is 1. The number of nitrogens with one attached hydrogen (secondary N) is 1. The third-order valence-corrected chi connectivity index (χ3v) is 4.76. The molecule has 11 nitrogen and oxygen atoms in total. The van der Waals surface area contributed by atoms with Crippen LogP contribution in [0.5, 0.6) is 0 Å². The Balaban J connectivity index is 1.26. The molecule has 4 rings (SSSR count). The minimum Gasteiger partial charge on any atom is -0.411 e. The zero-order chi connectivity index (χ0) is 19.2. The number of thioether (sulfide) groups is 1. The molecule has 0 aromatic carbocycles. The molecule has 142 valence electrons. The molecule has 0 spiro atoms. The number of hydrogen-bond acceptors (Lipinski definition) is 12. The number of carbonyl (C=O) groups is 1. The predicted molar refractivity (Wildman–Crippen MR) is 98.2 cm³/mol. The maximum absolute atomic E-state index is 11.8. The van der Waals surface area contributed by atoms with Crippen LogP contribution in [0.4, 0.5) is 5.13 Å². The van der Waals surface area contributed by atoms with E-state index in [0.29, 0.717) is 40.1 Å². The Morgan fingerprint density at radius 2 is 2.11 bits per heavy atom. The number of pyridine rings is 1. The molecular weight excluding hydrogens is 404 g/mol. The van der Waals surface area contributed by atoms with E-state index >= 15 is 0 Å². The monoisotopic (exact) mass is 416 g/mol. The van der Waals surface area contributed by atoms with Crippen molar-refractivity contribution in [2.45, 2.75) is 23.8 Å². The van der Waals surface area contributed by atoms with Gasteiger partial charge in [-0.15, -0.1) is 20.4 Å². The summed E-state index contributed by atoms with van der Waals surface area (Å²) in [6.07, 6.45) is 3.84. The normalized spacial score (nSPS) is 10.9. The Bertz CT molecular complexity index is 1030. The smallest absolute Gasteiger partial charge is 0.277 e. The molecule has 4 aromatic rings. The van der Waals surface area contributed by atoms with Crippen LogP contribution >= 0.6 is 23.1 Å². The second kappa shape index (κ2) is 8.67. The van der Waals surface area contributed by atoms with E-state index < -0.39 is 0 Å². The SMILES string of the molecule is O=C(CCc1nc(CSc2nnc(-c3ccncc3)o2)no1)Nc1nncs1. The van der Waals surface area contributed by atoms with Crippen molar-refractivity contribution in [1.82, 2.24) is 35.5 Å². The van der Waals surface area contributed by atoms with Gasteiger partial charge in [-0.25, -0.2) is 0 Å². The molecule has 0 saturated heterocycles. The van der Waals surface area contributed by atoms with E-state index in [4.69, 9.17) is 8.94 Å². The van der Waals surface area contributed by atoms with Gasteiger partial charge >= 0.3 is 0 Å². The van der Waals surface area contributed by atoms with Crippen molar-refractivity contribution in [2.75, 3.05) is 5.32 Å². The fourth-order valence-corrected chi connectivity index (χ4v) is 3.15. The molecule has 28 heavy (non-hydrogen) atoms. The van der Waals surface area contributed by atoms with Crippen LogP contribution in [-0.4, -0.2) is 41.4 Å². The molecule has 0 aliphatic carbocycles. The van der Waals surface area contributed by atoms with Gasteiger partial charge in [-0.1, -0.05) is 28.3 Å². The standard InChI is InChI=1S/C15H12N8O3S2/c24-11(19-14-21-17-8-28-14)1-2-12-18-10(23-26-12)7-27-15-22-20-13(25-15)9-3-5-16-6-4-9/h3-6,8H,1-2,7H2,(H,19,21,24). The van der Waals surface area contributed by atoms with Crippen LogP contribution in [0.25, 0.3) is 11.5 Å². The lowest BCUT2D eigenvalue weighted by Gasteiger charge is -1.97. The highest BCUT2D eigenvalue weighted by Gasteiger charge is 2.13. The number of anilines is 1. The molecular formula is C15H12N8O3S2. The topological polar surface area (TPSA) is 146 Å². The number of nitrogens with zero attached hydrogens (tertiary/aromatic N) is 7. The van der Waals surface area contributed by atoms with Crippen molar-refractivity contribution < 1.29 is 13.7 Å². The van der Waals surface area contributed by atoms with Gasteiger partial charge in [-0.3, -0.25) is 9.78 Å². The Kier molecular flexibility index (Phi) is 5.63. The number of aromatic nitrogens is 7. The highest BCUT2D eigenvalue weighted by molar-refractivity contribution is 7.98. The van der Waals surface area contributed by atoms with Gasteiger partial charge in [0.1, 0.15) is 5.51 Å². The Morgan fingerprint density at radius 1 is 1.21 bits per heavy atom. The maximum Gasteiger partial charge on any atom is 0.277 e. The van der Waals surface area contributed by atoms with Crippen molar-refractivity contribution >= 4 is 34.1 Å². The molecule has 0 radical (unpaired) electrons. The Hall–Kier alpha value is -3.19. The van der Waals surface area contributed by atoms with Gasteiger partial charge < -0.3 is 14.3 Å². The maximum atomic E-state index is 11.8. The minimum absolute atomic E-state index is 0.194. The van der Waals surface area contributed by atoms with Crippen LogP contribution in [0.3, 0.4) is 0 Å². The predicted octanol–water partition coefficient (Wildman–Crippen LogP) is 2.23. The Labute approximate surface area is 166 Å². The fourth-order valence-electron chi connectivity index (χ4n) is 2.09. The fraction of sp³-hybridized carbons (Fsp3) is 0.200. The summed E-state index contributed by atoms with van der Waals surface area (Å²) >= 11 is 2.55. The average molecular weight is 416 g/mol. The van der Waals surface area contributed by atoms with E-state index in [-0.39, 0.29) is 12.3 Å². The summed E-state index contributed by atoms with van der Waals surface area (Å²) in [5, 5.41) is 22.8. The summed E-state index contributed by atoms with van der Waals surface area (Å²) in [6.45, 7) is 0. The van der Waals surface area contributed by atoms with E-state index in [1.54, 1.807) is 30.0 Å². The van der Waals surface area contributed by atoms with E-state index in [2.05, 4.69) is 40.8 Å². The first-order valence-corrected chi connectivity index (χ1v) is 9.87. The molecule has 4 heterocycles. The van der Waals surface area contributed by atoms with Crippen molar-refractivity contribution in [3.8, 4) is 11.5 Å². The zero-order valence-corrected chi connectivity index (χ0v) is 15.8. The average Bonchev–Trinajstić information content (AvgIpc) is 3.47. The van der Waals surface area contributed by atoms with E-state index in [9.17, 15) is 4.79 Å². The van der Waals surface area contributed by atoms with Gasteiger partial charge in [-0.05, 0) is 12.1 Å². The summed E-state index contributed by atoms with van der Waals surface area (Å²) in [4.78, 5) is 20.0. The second-order valence-electron chi connectivity index (χ2n) is 5.29. The quantitative estimate of drug-likeness (QED) is 0.422. The molecule has 1 amide bonds. The molecule has 0 unspecified atom stereocenters. The van der Waals surface area contributed by atoms with Crippen LogP contribution < -0.4 is 5.32 Å². The molecule has 0 atom stereocenters. The number of rotatable bonds is 8. The van der Waals surface area contributed by atoms with Crippen LogP contribution in [-0.2, 0) is 17.0 Å². The summed E-state index contributed by atoms with van der Waals surface area (Å²) in [5.41, 5.74) is 2.34. The van der Waals surface area contributed by atoms with E-state index in [1.165, 1.54) is 23.1 Å². The highest BCUT2D eigenvalue weighted by Crippen LogP contribution is 2.24. The molecule has 0 bridgehead atoms. The number of hydrogen-bond donors (Lipinski definition) is 1. The van der Waals surface area contributed by atoms with Crippen molar-refractivity contribution in [1.29, 1.82) is 0 Å². The molecule has 0 fully saturated rings. The lowest BCUT2D eigenvalue weighted by molar-refractivity contribution is -0.116. The summed E-state index contributed by atoms with van der Waals surface area (Å²) in [5.74, 6) is 1.48. The first-order chi connectivity index (χ1) is 13.8. The lowest BCUT2D eigenvalue weighted by Crippen LogP contribution is -2.12. The van der Waals surface area contributed by atoms with Gasteiger partial charge in [0.25, 0.3) is 5.22 Å². The minimum atomic E-state index is -0.194. The van der Waals surface area contributed by atoms with Crippen LogP contribution in [0.2, 0.25) is 0 Å². The van der Waals surface area contributed by atoms with Crippen LogP contribution in [0.15, 0.2) is 44.2 Å². The van der Waals surface area contributed by atoms with Gasteiger partial charge in [0.05, 0.1) is 5.75 Å². The van der Waals surface area contributed by atoms with Gasteiger partial charge in [0.2, 0.25) is 22.8 Å². The number of carbonyl (C=O) groups excluding carboxylic acids is 1. The molecule has 4 aromatic heterocycles. The number of amides is 1. The summed E-state index contributed by atoms with van der Waals surface area (Å²) in [6, 6.07) is 3.57. The third-order valence-electron chi connectivity index (χ3n) is 3.34. The highest BCUT2D eigenvalue weighted by atomic mass is 32.2.